The van der Waals surface area contributed by atoms with Crippen LogP contribution in [0.15, 0.2) is 30.3 Å². The fourth-order valence-electron chi connectivity index (χ4n) is 3.34. The number of hydrogen-bond acceptors (Lipinski definition) is 3. The number of hydrogen-bond donors (Lipinski definition) is 2. The summed E-state index contributed by atoms with van der Waals surface area (Å²) in [6.07, 6.45) is 4.09. The van der Waals surface area contributed by atoms with Crippen molar-refractivity contribution in [2.75, 3.05) is 13.6 Å². The molecule has 1 aromatic rings. The summed E-state index contributed by atoms with van der Waals surface area (Å²) in [5.74, 6) is 0.0672. The molecule has 3 atom stereocenters. The molecule has 1 aliphatic rings. The van der Waals surface area contributed by atoms with Crippen molar-refractivity contribution in [2.45, 2.75) is 57.7 Å². The Labute approximate surface area is 164 Å². The van der Waals surface area contributed by atoms with Crippen LogP contribution in [0.1, 0.15) is 45.1 Å². The van der Waals surface area contributed by atoms with Crippen LogP contribution >= 0.6 is 24.8 Å². The molecule has 1 fully saturated rings. The van der Waals surface area contributed by atoms with Crippen molar-refractivity contribution in [1.82, 2.24) is 10.2 Å². The summed E-state index contributed by atoms with van der Waals surface area (Å²) in [7, 11) is 2.09. The van der Waals surface area contributed by atoms with Crippen LogP contribution in [0.25, 0.3) is 0 Å². The molecule has 0 aliphatic heterocycles. The van der Waals surface area contributed by atoms with E-state index in [1.807, 2.05) is 13.0 Å². The first-order valence-electron chi connectivity index (χ1n) is 8.71. The van der Waals surface area contributed by atoms with Crippen molar-refractivity contribution in [1.29, 1.82) is 0 Å². The molecule has 0 heterocycles. The van der Waals surface area contributed by atoms with E-state index in [0.717, 1.165) is 32.2 Å². The van der Waals surface area contributed by atoms with E-state index in [-0.39, 0.29) is 48.2 Å². The molecule has 0 saturated heterocycles. The Morgan fingerprint density at radius 1 is 1.32 bits per heavy atom. The standard InChI is InChI=1S/C19H31N3O.2ClH/c1-15(22(3)14-16-9-5-4-6-10-16)13-21-18(23)17-11-7-8-12-19(17,2)20;;/h4-6,9-10,15,17H,7-8,11-14,20H2,1-3H3,(H,21,23);2*1H. The fraction of sp³-hybridized carbons (Fsp3) is 0.632. The van der Waals surface area contributed by atoms with Crippen molar-refractivity contribution >= 4 is 30.7 Å². The molecule has 2 rings (SSSR count). The summed E-state index contributed by atoms with van der Waals surface area (Å²) >= 11 is 0. The Morgan fingerprint density at radius 2 is 1.96 bits per heavy atom. The molecule has 0 bridgehead atoms. The molecule has 0 spiro atoms. The monoisotopic (exact) mass is 389 g/mol. The lowest BCUT2D eigenvalue weighted by atomic mass is 9.74. The van der Waals surface area contributed by atoms with Crippen molar-refractivity contribution in [3.05, 3.63) is 35.9 Å². The summed E-state index contributed by atoms with van der Waals surface area (Å²) < 4.78 is 0. The van der Waals surface area contributed by atoms with Crippen LogP contribution in [0, 0.1) is 5.92 Å². The predicted octanol–water partition coefficient (Wildman–Crippen LogP) is 3.37. The minimum atomic E-state index is -0.360. The van der Waals surface area contributed by atoms with E-state index in [0.29, 0.717) is 6.54 Å². The zero-order valence-electron chi connectivity index (χ0n) is 15.5. The van der Waals surface area contributed by atoms with Gasteiger partial charge in [0.05, 0.1) is 5.92 Å². The Hall–Kier alpha value is -0.810. The largest absolute Gasteiger partial charge is 0.354 e. The SMILES string of the molecule is CC(CNC(=O)C1CCCCC1(C)N)N(C)Cc1ccccc1.Cl.Cl. The third-order valence-corrected chi connectivity index (χ3v) is 5.17. The van der Waals surface area contributed by atoms with Crippen molar-refractivity contribution in [2.24, 2.45) is 11.7 Å². The van der Waals surface area contributed by atoms with Crippen LogP contribution in [0.3, 0.4) is 0 Å². The van der Waals surface area contributed by atoms with Gasteiger partial charge in [0.2, 0.25) is 5.91 Å². The van der Waals surface area contributed by atoms with Crippen molar-refractivity contribution in [3.63, 3.8) is 0 Å². The van der Waals surface area contributed by atoms with Crippen molar-refractivity contribution < 1.29 is 4.79 Å². The zero-order chi connectivity index (χ0) is 16.9. The van der Waals surface area contributed by atoms with Gasteiger partial charge in [-0.25, -0.2) is 0 Å². The number of nitrogens with zero attached hydrogens (tertiary/aromatic N) is 1. The number of nitrogens with one attached hydrogen (secondary N) is 1. The second kappa shape index (κ2) is 11.0. The summed E-state index contributed by atoms with van der Waals surface area (Å²) in [5.41, 5.74) is 7.25. The van der Waals surface area contributed by atoms with E-state index >= 15 is 0 Å². The Morgan fingerprint density at radius 3 is 2.56 bits per heavy atom. The van der Waals surface area contributed by atoms with E-state index in [1.54, 1.807) is 0 Å². The quantitative estimate of drug-likeness (QED) is 0.783. The first-order chi connectivity index (χ1) is 10.9. The maximum Gasteiger partial charge on any atom is 0.225 e. The lowest BCUT2D eigenvalue weighted by Crippen LogP contribution is -2.54. The molecule has 144 valence electrons. The van der Waals surface area contributed by atoms with E-state index in [2.05, 4.69) is 48.5 Å². The highest BCUT2D eigenvalue weighted by atomic mass is 35.5. The second-order valence-corrected chi connectivity index (χ2v) is 7.30. The van der Waals surface area contributed by atoms with Gasteiger partial charge in [-0.3, -0.25) is 9.69 Å². The molecule has 1 amide bonds. The van der Waals surface area contributed by atoms with Gasteiger partial charge in [0.25, 0.3) is 0 Å². The maximum absolute atomic E-state index is 12.5. The zero-order valence-corrected chi connectivity index (χ0v) is 17.2. The molecule has 1 aromatic carbocycles. The molecular formula is C19H33Cl2N3O. The molecule has 0 aromatic heterocycles. The lowest BCUT2D eigenvalue weighted by molar-refractivity contribution is -0.128. The number of benzene rings is 1. The first-order valence-corrected chi connectivity index (χ1v) is 8.71. The highest BCUT2D eigenvalue weighted by molar-refractivity contribution is 5.85. The minimum Gasteiger partial charge on any atom is -0.354 e. The number of carbonyl (C=O) groups excluding carboxylic acids is 1. The van der Waals surface area contributed by atoms with Crippen LogP contribution in [-0.4, -0.2) is 36.0 Å². The summed E-state index contributed by atoms with van der Waals surface area (Å²) in [4.78, 5) is 14.8. The van der Waals surface area contributed by atoms with Gasteiger partial charge in [0.15, 0.2) is 0 Å². The normalized spacial score (nSPS) is 24.0. The second-order valence-electron chi connectivity index (χ2n) is 7.30. The number of carbonyl (C=O) groups is 1. The molecule has 1 aliphatic carbocycles. The van der Waals surface area contributed by atoms with E-state index in [9.17, 15) is 4.79 Å². The number of halogens is 2. The van der Waals surface area contributed by atoms with Gasteiger partial charge in [0.1, 0.15) is 0 Å². The van der Waals surface area contributed by atoms with E-state index in [4.69, 9.17) is 5.73 Å². The Kier molecular flexibility index (Phi) is 10.7. The van der Waals surface area contributed by atoms with Gasteiger partial charge >= 0.3 is 0 Å². The molecule has 1 saturated carbocycles. The average Bonchev–Trinajstić information content (AvgIpc) is 2.52. The predicted molar refractivity (Wildman–Crippen MR) is 109 cm³/mol. The summed E-state index contributed by atoms with van der Waals surface area (Å²) in [6, 6.07) is 10.7. The number of likely N-dealkylation sites (N-methyl/N-ethyl adjacent to an activating group) is 1. The van der Waals surface area contributed by atoms with Crippen LogP contribution in [0.4, 0.5) is 0 Å². The molecule has 3 unspecified atom stereocenters. The topological polar surface area (TPSA) is 58.4 Å². The highest BCUT2D eigenvalue weighted by Gasteiger charge is 2.37. The molecule has 4 nitrogen and oxygen atoms in total. The summed E-state index contributed by atoms with van der Waals surface area (Å²) in [6.45, 7) is 5.71. The van der Waals surface area contributed by atoms with Crippen LogP contribution < -0.4 is 11.1 Å². The summed E-state index contributed by atoms with van der Waals surface area (Å²) in [5, 5.41) is 3.11. The third kappa shape index (κ3) is 7.14. The molecule has 25 heavy (non-hydrogen) atoms. The lowest BCUT2D eigenvalue weighted by Gasteiger charge is -2.37. The fourth-order valence-corrected chi connectivity index (χ4v) is 3.34. The van der Waals surface area contributed by atoms with Crippen molar-refractivity contribution in [3.8, 4) is 0 Å². The Bertz CT molecular complexity index is 511. The smallest absolute Gasteiger partial charge is 0.225 e. The van der Waals surface area contributed by atoms with Gasteiger partial charge in [-0.05, 0) is 39.3 Å². The van der Waals surface area contributed by atoms with Gasteiger partial charge in [-0.2, -0.15) is 0 Å². The Balaban J connectivity index is 0.00000288. The van der Waals surface area contributed by atoms with Crippen LogP contribution in [-0.2, 0) is 11.3 Å². The third-order valence-electron chi connectivity index (χ3n) is 5.17. The van der Waals surface area contributed by atoms with Crippen LogP contribution in [0.2, 0.25) is 0 Å². The number of amides is 1. The minimum absolute atomic E-state index is 0. The van der Waals surface area contributed by atoms with E-state index in [1.165, 1.54) is 5.56 Å². The van der Waals surface area contributed by atoms with Crippen LogP contribution in [0.5, 0.6) is 0 Å². The average molecular weight is 390 g/mol. The molecule has 0 radical (unpaired) electrons. The van der Waals surface area contributed by atoms with Gasteiger partial charge in [-0.1, -0.05) is 43.2 Å². The highest BCUT2D eigenvalue weighted by Crippen LogP contribution is 2.31. The van der Waals surface area contributed by atoms with Gasteiger partial charge in [-0.15, -0.1) is 24.8 Å². The number of rotatable bonds is 6. The molecule has 3 N–H and O–H groups in total. The van der Waals surface area contributed by atoms with E-state index < -0.39 is 0 Å². The van der Waals surface area contributed by atoms with Gasteiger partial charge in [0, 0.05) is 24.7 Å². The van der Waals surface area contributed by atoms with Gasteiger partial charge < -0.3 is 11.1 Å². The molecular weight excluding hydrogens is 357 g/mol. The first kappa shape index (κ1) is 24.2. The maximum atomic E-state index is 12.5. The molecule has 6 heteroatoms. The number of nitrogens with two attached hydrogens (primary N) is 1.